The molecule has 5 atom stereocenters. The summed E-state index contributed by atoms with van der Waals surface area (Å²) in [6, 6.07) is 9.41. The Kier molecular flexibility index (Phi) is 7.48. The number of anilines is 1. The zero-order valence-electron chi connectivity index (χ0n) is 17.3. The molecule has 2 aromatic rings. The fourth-order valence-electron chi connectivity index (χ4n) is 3.11. The maximum absolute atomic E-state index is 12.1. The predicted molar refractivity (Wildman–Crippen MR) is 114 cm³/mol. The van der Waals surface area contributed by atoms with Crippen LogP contribution in [-0.4, -0.2) is 79.2 Å². The van der Waals surface area contributed by atoms with E-state index < -0.39 is 48.6 Å². The van der Waals surface area contributed by atoms with Crippen LogP contribution in [0.15, 0.2) is 48.5 Å². The van der Waals surface area contributed by atoms with E-state index >= 15 is 0 Å². The van der Waals surface area contributed by atoms with Gasteiger partial charge in [0, 0.05) is 6.08 Å². The van der Waals surface area contributed by atoms with Crippen LogP contribution in [0.5, 0.6) is 11.5 Å². The first-order valence-electron chi connectivity index (χ1n) is 9.81. The molecule has 1 aliphatic heterocycles. The van der Waals surface area contributed by atoms with Crippen molar-refractivity contribution in [1.82, 2.24) is 0 Å². The zero-order valence-corrected chi connectivity index (χ0v) is 17.3. The van der Waals surface area contributed by atoms with Crippen LogP contribution in [0.4, 0.5) is 5.69 Å². The third-order valence-electron chi connectivity index (χ3n) is 4.86. The average molecular weight is 475 g/mol. The molecule has 180 valence electrons. The Morgan fingerprint density at radius 3 is 2.24 bits per heavy atom. The van der Waals surface area contributed by atoms with Crippen LogP contribution in [0, 0.1) is 0 Å². The highest BCUT2D eigenvalue weighted by Crippen LogP contribution is 2.25. The molecule has 0 radical (unpaired) electrons. The molecular formula is C22H21NO11. The number of amides is 1. The van der Waals surface area contributed by atoms with Gasteiger partial charge >= 0.3 is 11.9 Å². The van der Waals surface area contributed by atoms with Gasteiger partial charge in [0.05, 0.1) is 11.3 Å². The molecule has 7 N–H and O–H groups in total. The summed E-state index contributed by atoms with van der Waals surface area (Å²) >= 11 is 0. The van der Waals surface area contributed by atoms with E-state index in [1.54, 1.807) is 0 Å². The van der Waals surface area contributed by atoms with Crippen molar-refractivity contribution in [3.63, 3.8) is 0 Å². The summed E-state index contributed by atoms with van der Waals surface area (Å²) in [6.07, 6.45) is -6.11. The summed E-state index contributed by atoms with van der Waals surface area (Å²) in [7, 11) is 0. The van der Waals surface area contributed by atoms with Crippen molar-refractivity contribution in [3.05, 3.63) is 59.7 Å². The van der Waals surface area contributed by atoms with Gasteiger partial charge in [0.1, 0.15) is 29.8 Å². The average Bonchev–Trinajstić information content (AvgIpc) is 2.79. The Labute approximate surface area is 191 Å². The molecule has 12 heteroatoms. The molecule has 0 spiro atoms. The lowest BCUT2D eigenvalue weighted by Gasteiger charge is -2.38. The summed E-state index contributed by atoms with van der Waals surface area (Å²) in [4.78, 5) is 34.5. The van der Waals surface area contributed by atoms with E-state index in [9.17, 15) is 34.8 Å². The maximum atomic E-state index is 12.1. The monoisotopic (exact) mass is 475 g/mol. The van der Waals surface area contributed by atoms with Gasteiger partial charge in [-0.2, -0.15) is 0 Å². The molecule has 0 bridgehead atoms. The van der Waals surface area contributed by atoms with Crippen LogP contribution < -0.4 is 10.1 Å². The number of aliphatic hydroxyl groups excluding tert-OH is 3. The second kappa shape index (κ2) is 10.3. The third-order valence-corrected chi connectivity index (χ3v) is 4.86. The van der Waals surface area contributed by atoms with Crippen molar-refractivity contribution >= 4 is 29.6 Å². The van der Waals surface area contributed by atoms with Crippen molar-refractivity contribution in [3.8, 4) is 11.5 Å². The van der Waals surface area contributed by atoms with Gasteiger partial charge in [-0.15, -0.1) is 0 Å². The lowest BCUT2D eigenvalue weighted by atomic mass is 9.99. The van der Waals surface area contributed by atoms with Crippen LogP contribution >= 0.6 is 0 Å². The summed E-state index contributed by atoms with van der Waals surface area (Å²) in [5.74, 6) is -3.60. The topological polar surface area (TPSA) is 203 Å². The first-order valence-corrected chi connectivity index (χ1v) is 9.81. The van der Waals surface area contributed by atoms with Crippen LogP contribution in [0.3, 0.4) is 0 Å². The van der Waals surface area contributed by atoms with Gasteiger partial charge in [0.15, 0.2) is 6.10 Å². The van der Waals surface area contributed by atoms with E-state index in [-0.39, 0.29) is 22.7 Å². The van der Waals surface area contributed by atoms with Crippen LogP contribution in [0.2, 0.25) is 0 Å². The normalized spacial score (nSPS) is 24.5. The Morgan fingerprint density at radius 1 is 0.941 bits per heavy atom. The minimum atomic E-state index is -1.83. The molecule has 1 fully saturated rings. The molecule has 0 aromatic heterocycles. The number of carboxylic acid groups (broad SMARTS) is 2. The van der Waals surface area contributed by atoms with Crippen molar-refractivity contribution in [2.45, 2.75) is 30.7 Å². The smallest absolute Gasteiger partial charge is 0.337 e. The van der Waals surface area contributed by atoms with Gasteiger partial charge in [-0.1, -0.05) is 12.1 Å². The standard InChI is InChI=1S/C22H21NO11/c24-11-4-7-14(13(9-11)20(29)30)23-15(25)8-3-10-1-5-12(6-2-10)33-22-18(28)16(26)17(27)19(34-22)21(31)32/h1-9,16-19,22,24,26-28H,(H,23,25)(H,29,30)(H,31,32)/b8-3+/t16-,17-,18+,19-,22+/m0/s1. The Morgan fingerprint density at radius 2 is 1.62 bits per heavy atom. The number of phenols is 1. The number of aliphatic hydroxyl groups is 3. The molecular weight excluding hydrogens is 454 g/mol. The van der Waals surface area contributed by atoms with E-state index in [4.69, 9.17) is 19.7 Å². The number of ether oxygens (including phenoxy) is 2. The minimum Gasteiger partial charge on any atom is -0.508 e. The van der Waals surface area contributed by atoms with Crippen LogP contribution in [-0.2, 0) is 14.3 Å². The molecule has 0 aliphatic carbocycles. The minimum absolute atomic E-state index is 0.00158. The van der Waals surface area contributed by atoms with Crippen LogP contribution in [0.25, 0.3) is 6.08 Å². The maximum Gasteiger partial charge on any atom is 0.337 e. The highest BCUT2D eigenvalue weighted by molar-refractivity contribution is 6.06. The summed E-state index contributed by atoms with van der Waals surface area (Å²) in [6.45, 7) is 0. The number of benzene rings is 2. The summed E-state index contributed by atoms with van der Waals surface area (Å²) in [5.41, 5.74) is 0.260. The fraction of sp³-hybridized carbons (Fsp3) is 0.227. The zero-order chi connectivity index (χ0) is 25.0. The lowest BCUT2D eigenvalue weighted by molar-refractivity contribution is -0.271. The highest BCUT2D eigenvalue weighted by atomic mass is 16.7. The third kappa shape index (κ3) is 5.68. The number of carbonyl (C=O) groups excluding carboxylic acids is 1. The number of aromatic hydroxyl groups is 1. The Hall–Kier alpha value is -3.97. The number of aromatic carboxylic acids is 1. The molecule has 12 nitrogen and oxygen atoms in total. The number of nitrogens with one attached hydrogen (secondary N) is 1. The molecule has 1 aliphatic rings. The molecule has 0 saturated carbocycles. The van der Waals surface area contributed by atoms with Crippen molar-refractivity contribution in [1.29, 1.82) is 0 Å². The van der Waals surface area contributed by atoms with Crippen LogP contribution in [0.1, 0.15) is 15.9 Å². The van der Waals surface area contributed by atoms with Gasteiger partial charge in [0.2, 0.25) is 12.2 Å². The number of phenolic OH excluding ortho intramolecular Hbond substituents is 1. The lowest BCUT2D eigenvalue weighted by Crippen LogP contribution is -2.61. The highest BCUT2D eigenvalue weighted by Gasteiger charge is 2.48. The first kappa shape index (κ1) is 24.7. The number of hydrogen-bond acceptors (Lipinski definition) is 9. The fourth-order valence-corrected chi connectivity index (χ4v) is 3.11. The van der Waals surface area contributed by atoms with Gasteiger partial charge in [-0.05, 0) is 42.0 Å². The summed E-state index contributed by atoms with van der Waals surface area (Å²) < 4.78 is 10.4. The predicted octanol–water partition coefficient (Wildman–Crippen LogP) is 0.0133. The molecule has 1 heterocycles. The quantitative estimate of drug-likeness (QED) is 0.210. The van der Waals surface area contributed by atoms with Gasteiger partial charge in [0.25, 0.3) is 0 Å². The first-order chi connectivity index (χ1) is 16.1. The molecule has 0 unspecified atom stereocenters. The number of carbonyl (C=O) groups is 3. The van der Waals surface area contributed by atoms with E-state index in [1.165, 1.54) is 42.5 Å². The van der Waals surface area contributed by atoms with E-state index in [2.05, 4.69) is 5.32 Å². The number of rotatable bonds is 7. The van der Waals surface area contributed by atoms with E-state index in [0.717, 1.165) is 12.1 Å². The molecule has 2 aromatic carbocycles. The SMILES string of the molecule is O=C(/C=C/c1ccc(O[C@@H]2O[C@H](C(=O)O)[C@@H](O)[C@H](O)[C@H]2O)cc1)Nc1ccc(O)cc1C(=O)O. The Balaban J connectivity index is 1.63. The largest absolute Gasteiger partial charge is 0.508 e. The van der Waals surface area contributed by atoms with Crippen molar-refractivity contribution < 1.29 is 54.5 Å². The molecule has 1 amide bonds. The second-order valence-electron chi connectivity index (χ2n) is 7.28. The number of hydrogen-bond donors (Lipinski definition) is 7. The number of carboxylic acids is 2. The Bertz CT molecular complexity index is 1100. The van der Waals surface area contributed by atoms with Gasteiger partial charge in [-0.25, -0.2) is 9.59 Å². The molecule has 34 heavy (non-hydrogen) atoms. The van der Waals surface area contributed by atoms with Crippen molar-refractivity contribution in [2.24, 2.45) is 0 Å². The number of aliphatic carboxylic acids is 1. The van der Waals surface area contributed by atoms with Gasteiger partial charge in [-0.3, -0.25) is 4.79 Å². The molecule has 3 rings (SSSR count). The second-order valence-corrected chi connectivity index (χ2v) is 7.28. The van der Waals surface area contributed by atoms with Crippen molar-refractivity contribution in [2.75, 3.05) is 5.32 Å². The van der Waals surface area contributed by atoms with E-state index in [1.807, 2.05) is 0 Å². The van der Waals surface area contributed by atoms with E-state index in [0.29, 0.717) is 5.56 Å². The molecule has 1 saturated heterocycles. The summed E-state index contributed by atoms with van der Waals surface area (Å²) in [5, 5.41) is 59.6. The van der Waals surface area contributed by atoms with Gasteiger partial charge < -0.3 is 45.4 Å².